The Bertz CT molecular complexity index is 2110. The molecule has 0 saturated carbocycles. The Hall–Kier alpha value is -5.35. The fraction of sp³-hybridized carbons (Fsp3) is 0.138. The molecule has 0 radical (unpaired) electrons. The number of nitrogens with zero attached hydrogens (tertiary/aromatic N) is 4. The van der Waals surface area contributed by atoms with Gasteiger partial charge in [0, 0.05) is 16.7 Å². The van der Waals surface area contributed by atoms with E-state index >= 15 is 0 Å². The molecule has 1 aromatic heterocycles. The second kappa shape index (κ2) is 12.6. The summed E-state index contributed by atoms with van der Waals surface area (Å²) >= 11 is 6.61. The van der Waals surface area contributed by atoms with Crippen LogP contribution in [0.15, 0.2) is 87.8 Å². The number of benzene rings is 3. The Labute approximate surface area is 264 Å². The number of non-ortho nitro benzene ring substituents is 1. The molecule has 0 N–H and O–H groups in total. The van der Waals surface area contributed by atoms with Crippen LogP contribution in [0, 0.1) is 20.2 Å². The molecule has 12 nitrogen and oxygen atoms in total. The Morgan fingerprint density at radius 1 is 1.07 bits per heavy atom. The molecule has 17 heteroatoms. The fourth-order valence-corrected chi connectivity index (χ4v) is 5.72. The number of nitro benzene ring substituents is 2. The van der Waals surface area contributed by atoms with Crippen molar-refractivity contribution >= 4 is 46.4 Å². The zero-order valence-corrected chi connectivity index (χ0v) is 24.8. The number of carbonyl (C=O) groups is 1. The molecule has 1 aliphatic heterocycles. The Kier molecular flexibility index (Phi) is 8.76. The summed E-state index contributed by atoms with van der Waals surface area (Å²) in [5, 5.41) is 23.0. The van der Waals surface area contributed by atoms with Gasteiger partial charge >= 0.3 is 17.8 Å². The number of para-hydroxylation sites is 1. The number of thiazole rings is 1. The highest BCUT2D eigenvalue weighted by Gasteiger charge is 2.45. The number of allylic oxidation sites excluding steroid dienone is 1. The highest BCUT2D eigenvalue weighted by molar-refractivity contribution is 7.07. The quantitative estimate of drug-likeness (QED) is 0.133. The molecular formula is C29H18ClF3N4O8S. The van der Waals surface area contributed by atoms with Crippen molar-refractivity contribution in [3.63, 3.8) is 0 Å². The van der Waals surface area contributed by atoms with Crippen LogP contribution in [0.5, 0.6) is 11.5 Å². The monoisotopic (exact) mass is 674 g/mol. The summed E-state index contributed by atoms with van der Waals surface area (Å²) in [5.74, 6) is -1.66. The lowest BCUT2D eigenvalue weighted by molar-refractivity contribution is -0.394. The van der Waals surface area contributed by atoms with Crippen LogP contribution in [0.25, 0.3) is 6.08 Å². The van der Waals surface area contributed by atoms with Crippen LogP contribution in [0.3, 0.4) is 0 Å². The maximum absolute atomic E-state index is 14.3. The van der Waals surface area contributed by atoms with E-state index in [0.717, 1.165) is 22.8 Å². The molecule has 0 aliphatic carbocycles. The minimum Gasteiger partial charge on any atom is -0.463 e. The Morgan fingerprint density at radius 3 is 2.39 bits per heavy atom. The number of halogens is 4. The first-order chi connectivity index (χ1) is 21.8. The second-order valence-corrected chi connectivity index (χ2v) is 10.9. The summed E-state index contributed by atoms with van der Waals surface area (Å²) in [4.78, 5) is 51.3. The first kappa shape index (κ1) is 32.1. The van der Waals surface area contributed by atoms with Crippen molar-refractivity contribution in [3.8, 4) is 11.5 Å². The molecule has 0 spiro atoms. The van der Waals surface area contributed by atoms with Gasteiger partial charge < -0.3 is 9.47 Å². The van der Waals surface area contributed by atoms with E-state index in [2.05, 4.69) is 4.99 Å². The largest absolute Gasteiger partial charge is 0.463 e. The first-order valence-electron chi connectivity index (χ1n) is 13.1. The average molecular weight is 675 g/mol. The van der Waals surface area contributed by atoms with Crippen LogP contribution in [0.4, 0.5) is 24.5 Å². The normalized spacial score (nSPS) is 14.8. The van der Waals surface area contributed by atoms with Gasteiger partial charge in [-0.15, -0.1) is 0 Å². The van der Waals surface area contributed by atoms with Crippen molar-refractivity contribution in [2.45, 2.75) is 19.1 Å². The molecule has 0 amide bonds. The second-order valence-electron chi connectivity index (χ2n) is 9.42. The van der Waals surface area contributed by atoms with Crippen molar-refractivity contribution in [1.82, 2.24) is 4.57 Å². The fourth-order valence-electron chi connectivity index (χ4n) is 4.60. The summed E-state index contributed by atoms with van der Waals surface area (Å²) in [6, 6.07) is 12.7. The summed E-state index contributed by atoms with van der Waals surface area (Å²) in [7, 11) is 0. The van der Waals surface area contributed by atoms with Crippen molar-refractivity contribution < 1.29 is 37.3 Å². The van der Waals surface area contributed by atoms with Gasteiger partial charge in [-0.25, -0.2) is 9.79 Å². The van der Waals surface area contributed by atoms with Gasteiger partial charge in [0.15, 0.2) is 10.5 Å². The number of ether oxygens (including phenoxy) is 2. The molecule has 0 saturated heterocycles. The third kappa shape index (κ3) is 6.25. The zero-order valence-electron chi connectivity index (χ0n) is 23.2. The minimum absolute atomic E-state index is 0.0114. The van der Waals surface area contributed by atoms with Crippen LogP contribution in [0.1, 0.15) is 24.1 Å². The smallest absolute Gasteiger partial charge is 0.434 e. The van der Waals surface area contributed by atoms with Gasteiger partial charge in [-0.3, -0.25) is 29.6 Å². The SMILES string of the molecule is CCOC(=O)C1=C(C(F)(F)F)N=c2s/c(=C/c3ccccc3Oc3ccc([N+](=O)[O-])cc3[N+](=O)[O-])c(=O)n2[C@@H]1c1ccc(Cl)cc1. The topological polar surface area (TPSA) is 156 Å². The average Bonchev–Trinajstić information content (AvgIpc) is 3.31. The number of esters is 1. The van der Waals surface area contributed by atoms with E-state index in [-0.39, 0.29) is 43.6 Å². The molecule has 2 heterocycles. The molecule has 1 atom stereocenters. The van der Waals surface area contributed by atoms with Crippen LogP contribution >= 0.6 is 22.9 Å². The highest BCUT2D eigenvalue weighted by Crippen LogP contribution is 2.39. The van der Waals surface area contributed by atoms with Crippen LogP contribution in [-0.4, -0.2) is 33.2 Å². The molecule has 3 aromatic carbocycles. The molecule has 0 fully saturated rings. The lowest BCUT2D eigenvalue weighted by Gasteiger charge is -2.26. The summed E-state index contributed by atoms with van der Waals surface area (Å²) < 4.78 is 54.5. The zero-order chi connectivity index (χ0) is 33.3. The summed E-state index contributed by atoms with van der Waals surface area (Å²) in [5.41, 5.74) is -4.13. The van der Waals surface area contributed by atoms with Gasteiger partial charge in [-0.05, 0) is 42.8 Å². The standard InChI is InChI=1S/C29H18ClF3N4O8S/c1-2-44-27(39)23-24(15-7-9-17(30)10-8-15)35-26(38)22(46-28(35)34-25(23)29(31,32)33)13-16-5-3-4-6-20(16)45-21-12-11-18(36(40)41)14-19(21)37(42)43/h3-14,24H,2H2,1H3/b22-13+/t24-/m1/s1. The first-order valence-corrected chi connectivity index (χ1v) is 14.2. The molecule has 1 aliphatic rings. The molecular weight excluding hydrogens is 657 g/mol. The minimum atomic E-state index is -5.10. The van der Waals surface area contributed by atoms with Crippen molar-refractivity contribution in [2.24, 2.45) is 4.99 Å². The number of rotatable bonds is 8. The van der Waals surface area contributed by atoms with Gasteiger partial charge in [0.1, 0.15) is 5.75 Å². The number of nitro groups is 2. The molecule has 236 valence electrons. The van der Waals surface area contributed by atoms with Gasteiger partial charge in [0.2, 0.25) is 5.75 Å². The predicted octanol–water partition coefficient (Wildman–Crippen LogP) is 5.60. The Balaban J connectivity index is 1.70. The van der Waals surface area contributed by atoms with Gasteiger partial charge in [-0.2, -0.15) is 13.2 Å². The molecule has 5 rings (SSSR count). The van der Waals surface area contributed by atoms with Gasteiger partial charge in [0.25, 0.3) is 11.2 Å². The van der Waals surface area contributed by atoms with Crippen LogP contribution in [0.2, 0.25) is 5.02 Å². The summed E-state index contributed by atoms with van der Waals surface area (Å²) in [6.45, 7) is 1.18. The van der Waals surface area contributed by atoms with E-state index < -0.39 is 56.2 Å². The van der Waals surface area contributed by atoms with E-state index in [0.29, 0.717) is 11.3 Å². The number of hydrogen-bond acceptors (Lipinski definition) is 10. The van der Waals surface area contributed by atoms with E-state index in [4.69, 9.17) is 21.1 Å². The molecule has 4 aromatic rings. The molecule has 0 bridgehead atoms. The Morgan fingerprint density at radius 2 is 1.76 bits per heavy atom. The van der Waals surface area contributed by atoms with Crippen molar-refractivity contribution in [1.29, 1.82) is 0 Å². The number of hydrogen-bond donors (Lipinski definition) is 0. The third-order valence-electron chi connectivity index (χ3n) is 6.56. The van der Waals surface area contributed by atoms with Gasteiger partial charge in [0.05, 0.1) is 38.7 Å². The number of fused-ring (bicyclic) bond motifs is 1. The lowest BCUT2D eigenvalue weighted by Crippen LogP contribution is -2.41. The number of aromatic nitrogens is 1. The third-order valence-corrected chi connectivity index (χ3v) is 7.79. The van der Waals surface area contributed by atoms with Gasteiger partial charge in [-0.1, -0.05) is 53.3 Å². The maximum atomic E-state index is 14.3. The number of alkyl halides is 3. The van der Waals surface area contributed by atoms with Crippen molar-refractivity contribution in [3.05, 3.63) is 134 Å². The maximum Gasteiger partial charge on any atom is 0.434 e. The van der Waals surface area contributed by atoms with Crippen molar-refractivity contribution in [2.75, 3.05) is 6.61 Å². The highest BCUT2D eigenvalue weighted by atomic mass is 35.5. The van der Waals surface area contributed by atoms with E-state index in [9.17, 15) is 43.0 Å². The predicted molar refractivity (Wildman–Crippen MR) is 158 cm³/mol. The number of carbonyl (C=O) groups excluding carboxylic acids is 1. The molecule has 0 unspecified atom stereocenters. The van der Waals surface area contributed by atoms with Crippen LogP contribution < -0.4 is 19.6 Å². The summed E-state index contributed by atoms with van der Waals surface area (Å²) in [6.07, 6.45) is -3.81. The van der Waals surface area contributed by atoms with E-state index in [1.165, 1.54) is 55.5 Å². The lowest BCUT2D eigenvalue weighted by atomic mass is 9.95. The van der Waals surface area contributed by atoms with E-state index in [1.807, 2.05) is 0 Å². The molecule has 46 heavy (non-hydrogen) atoms. The van der Waals surface area contributed by atoms with E-state index in [1.54, 1.807) is 6.07 Å². The van der Waals surface area contributed by atoms with Crippen LogP contribution in [-0.2, 0) is 9.53 Å².